The van der Waals surface area contributed by atoms with Gasteiger partial charge in [-0.15, -0.1) is 0 Å². The van der Waals surface area contributed by atoms with Gasteiger partial charge in [0.1, 0.15) is 5.84 Å². The van der Waals surface area contributed by atoms with E-state index in [0.29, 0.717) is 0 Å². The van der Waals surface area contributed by atoms with E-state index >= 15 is 0 Å². The summed E-state index contributed by atoms with van der Waals surface area (Å²) in [6.45, 7) is 0. The van der Waals surface area contributed by atoms with Crippen LogP contribution in [0, 0.1) is 5.41 Å². The maximum atomic E-state index is 10.1. The molecule has 0 fully saturated rings. The number of amides is 1. The fraction of sp³-hybridized carbons (Fsp3) is 0. The minimum Gasteiger partial charge on any atom is -0.308 e. The summed E-state index contributed by atoms with van der Waals surface area (Å²) in [5, 5.41) is 9.01. The molecule has 0 aromatic heterocycles. The molecule has 0 radical (unpaired) electrons. The van der Waals surface area contributed by atoms with Gasteiger partial charge < -0.3 is 5.32 Å². The zero-order valence-corrected chi connectivity index (χ0v) is 3.56. The minimum absolute atomic E-state index is 0.171. The SMILES string of the molecule is N=C1C=CC(=O)N1. The molecular formula is C4H4N2O. The van der Waals surface area contributed by atoms with Gasteiger partial charge in [-0.1, -0.05) is 0 Å². The molecule has 1 rings (SSSR count). The molecule has 0 aliphatic carbocycles. The number of amidine groups is 1. The van der Waals surface area contributed by atoms with Crippen LogP contribution in [-0.2, 0) is 4.79 Å². The Kier molecular flexibility index (Phi) is 0.685. The third kappa shape index (κ3) is 0.652. The van der Waals surface area contributed by atoms with Gasteiger partial charge in [-0.3, -0.25) is 10.2 Å². The van der Waals surface area contributed by atoms with Gasteiger partial charge >= 0.3 is 0 Å². The highest BCUT2D eigenvalue weighted by atomic mass is 16.1. The Morgan fingerprint density at radius 1 is 1.57 bits per heavy atom. The van der Waals surface area contributed by atoms with Crippen molar-refractivity contribution in [1.82, 2.24) is 5.32 Å². The van der Waals surface area contributed by atoms with E-state index in [0.717, 1.165) is 0 Å². The second kappa shape index (κ2) is 1.18. The lowest BCUT2D eigenvalue weighted by molar-refractivity contribution is -0.114. The highest BCUT2D eigenvalue weighted by Gasteiger charge is 2.03. The van der Waals surface area contributed by atoms with Crippen molar-refractivity contribution < 1.29 is 4.79 Å². The van der Waals surface area contributed by atoms with E-state index in [9.17, 15) is 4.79 Å². The van der Waals surface area contributed by atoms with Crippen LogP contribution in [0.1, 0.15) is 0 Å². The Hall–Kier alpha value is -1.12. The Balaban J connectivity index is 2.76. The average Bonchev–Trinajstić information content (AvgIpc) is 1.87. The van der Waals surface area contributed by atoms with Crippen LogP contribution in [0.2, 0.25) is 0 Å². The average molecular weight is 96.1 g/mol. The van der Waals surface area contributed by atoms with E-state index in [1.54, 1.807) is 0 Å². The third-order valence-electron chi connectivity index (χ3n) is 0.659. The van der Waals surface area contributed by atoms with Crippen LogP contribution in [0.15, 0.2) is 12.2 Å². The minimum atomic E-state index is -0.204. The quantitative estimate of drug-likeness (QED) is 0.425. The van der Waals surface area contributed by atoms with Crippen LogP contribution >= 0.6 is 0 Å². The van der Waals surface area contributed by atoms with Crippen LogP contribution in [0.4, 0.5) is 0 Å². The fourth-order valence-corrected chi connectivity index (χ4v) is 0.375. The van der Waals surface area contributed by atoms with E-state index in [1.807, 2.05) is 0 Å². The molecule has 1 aliphatic rings. The van der Waals surface area contributed by atoms with Gasteiger partial charge in [0, 0.05) is 6.08 Å². The second-order valence-electron chi connectivity index (χ2n) is 1.24. The van der Waals surface area contributed by atoms with Crippen molar-refractivity contribution in [3.05, 3.63) is 12.2 Å². The monoisotopic (exact) mass is 96.0 g/mol. The summed E-state index contributed by atoms with van der Waals surface area (Å²) >= 11 is 0. The molecule has 0 spiro atoms. The molecule has 2 N–H and O–H groups in total. The fourth-order valence-electron chi connectivity index (χ4n) is 0.375. The van der Waals surface area contributed by atoms with Crippen LogP contribution in [0.5, 0.6) is 0 Å². The molecule has 0 aromatic carbocycles. The number of rotatable bonds is 0. The molecule has 1 aliphatic heterocycles. The molecular weight excluding hydrogens is 92.1 g/mol. The predicted molar refractivity (Wildman–Crippen MR) is 25.0 cm³/mol. The Morgan fingerprint density at radius 2 is 2.29 bits per heavy atom. The van der Waals surface area contributed by atoms with Crippen LogP contribution in [0.3, 0.4) is 0 Å². The van der Waals surface area contributed by atoms with Crippen molar-refractivity contribution >= 4 is 11.7 Å². The molecule has 0 atom stereocenters. The summed E-state index contributed by atoms with van der Waals surface area (Å²) in [6, 6.07) is 0. The number of nitrogens with one attached hydrogen (secondary N) is 2. The van der Waals surface area contributed by atoms with E-state index in [-0.39, 0.29) is 11.7 Å². The molecule has 7 heavy (non-hydrogen) atoms. The van der Waals surface area contributed by atoms with Crippen molar-refractivity contribution in [3.63, 3.8) is 0 Å². The first-order chi connectivity index (χ1) is 3.29. The third-order valence-corrected chi connectivity index (χ3v) is 0.659. The number of carbonyl (C=O) groups excluding carboxylic acids is 1. The molecule has 0 aromatic rings. The maximum absolute atomic E-state index is 10.1. The van der Waals surface area contributed by atoms with Gasteiger partial charge in [0.2, 0.25) is 5.91 Å². The number of carbonyl (C=O) groups is 1. The maximum Gasteiger partial charge on any atom is 0.249 e. The highest BCUT2D eigenvalue weighted by Crippen LogP contribution is 1.83. The largest absolute Gasteiger partial charge is 0.308 e. The first kappa shape index (κ1) is 4.05. The first-order valence-corrected chi connectivity index (χ1v) is 1.86. The number of hydrogen-bond donors (Lipinski definition) is 2. The zero-order chi connectivity index (χ0) is 5.28. The summed E-state index contributed by atoms with van der Waals surface area (Å²) in [5.74, 6) is -0.0324. The van der Waals surface area contributed by atoms with E-state index in [4.69, 9.17) is 5.41 Å². The molecule has 0 bridgehead atoms. The van der Waals surface area contributed by atoms with E-state index in [2.05, 4.69) is 5.32 Å². The normalized spacial score (nSPS) is 17.7. The molecule has 0 saturated heterocycles. The summed E-state index contributed by atoms with van der Waals surface area (Å²) in [5.41, 5.74) is 0. The topological polar surface area (TPSA) is 53.0 Å². The van der Waals surface area contributed by atoms with E-state index in [1.165, 1.54) is 12.2 Å². The zero-order valence-electron chi connectivity index (χ0n) is 3.56. The molecule has 3 nitrogen and oxygen atoms in total. The smallest absolute Gasteiger partial charge is 0.249 e. The Bertz CT molecular complexity index is 132. The lowest BCUT2D eigenvalue weighted by atomic mass is 10.6. The van der Waals surface area contributed by atoms with Gasteiger partial charge in [-0.05, 0) is 6.08 Å². The summed E-state index contributed by atoms with van der Waals surface area (Å²) in [4.78, 5) is 10.1. The van der Waals surface area contributed by atoms with Gasteiger partial charge in [-0.2, -0.15) is 0 Å². The Labute approximate surface area is 40.5 Å². The van der Waals surface area contributed by atoms with Crippen LogP contribution in [-0.4, -0.2) is 11.7 Å². The van der Waals surface area contributed by atoms with Crippen LogP contribution in [0.25, 0.3) is 0 Å². The Morgan fingerprint density at radius 3 is 2.43 bits per heavy atom. The van der Waals surface area contributed by atoms with Gasteiger partial charge in [0.15, 0.2) is 0 Å². The lowest BCUT2D eigenvalue weighted by Crippen LogP contribution is -2.19. The van der Waals surface area contributed by atoms with E-state index < -0.39 is 0 Å². The second-order valence-corrected chi connectivity index (χ2v) is 1.24. The summed E-state index contributed by atoms with van der Waals surface area (Å²) < 4.78 is 0. The van der Waals surface area contributed by atoms with Gasteiger partial charge in [0.25, 0.3) is 0 Å². The molecule has 3 heteroatoms. The lowest BCUT2D eigenvalue weighted by Gasteiger charge is -1.84. The molecule has 1 amide bonds. The summed E-state index contributed by atoms with van der Waals surface area (Å²) in [7, 11) is 0. The molecule has 36 valence electrons. The highest BCUT2D eigenvalue weighted by molar-refractivity contribution is 6.14. The van der Waals surface area contributed by atoms with Crippen molar-refractivity contribution in [3.8, 4) is 0 Å². The van der Waals surface area contributed by atoms with Crippen molar-refractivity contribution in [1.29, 1.82) is 5.41 Å². The molecule has 0 unspecified atom stereocenters. The van der Waals surface area contributed by atoms with Crippen molar-refractivity contribution in [2.24, 2.45) is 0 Å². The van der Waals surface area contributed by atoms with Crippen molar-refractivity contribution in [2.75, 3.05) is 0 Å². The molecule has 1 heterocycles. The van der Waals surface area contributed by atoms with Gasteiger partial charge in [0.05, 0.1) is 0 Å². The summed E-state index contributed by atoms with van der Waals surface area (Å²) in [6.07, 6.45) is 2.74. The van der Waals surface area contributed by atoms with Crippen LogP contribution < -0.4 is 5.32 Å². The van der Waals surface area contributed by atoms with Gasteiger partial charge in [-0.25, -0.2) is 0 Å². The number of hydrogen-bond acceptors (Lipinski definition) is 2. The van der Waals surface area contributed by atoms with Crippen molar-refractivity contribution in [2.45, 2.75) is 0 Å². The predicted octanol–water partition coefficient (Wildman–Crippen LogP) is -0.350. The molecule has 0 saturated carbocycles. The first-order valence-electron chi connectivity index (χ1n) is 1.86. The standard InChI is InChI=1S/C4H4N2O/c5-3-1-2-4(7)6-3/h1-2H,(H2,5,6,7).